The first-order chi connectivity index (χ1) is 11.6. The number of amides is 2. The molecular formula is C17H23N3O4. The molecule has 0 bridgehead atoms. The first-order valence-electron chi connectivity index (χ1n) is 8.49. The molecule has 2 N–H and O–H groups in total. The SMILES string of the molecule is O=C(O)C1CCN(C(=O)NCc2ccnc(OC3CCCC3)c2)C1. The monoisotopic (exact) mass is 333 g/mol. The number of urea groups is 1. The summed E-state index contributed by atoms with van der Waals surface area (Å²) in [6.45, 7) is 1.12. The molecule has 3 rings (SSSR count). The van der Waals surface area contributed by atoms with Crippen LogP contribution in [-0.4, -0.2) is 46.2 Å². The van der Waals surface area contributed by atoms with E-state index >= 15 is 0 Å². The molecule has 24 heavy (non-hydrogen) atoms. The van der Waals surface area contributed by atoms with Crippen molar-refractivity contribution in [3.8, 4) is 5.88 Å². The number of likely N-dealkylation sites (tertiary alicyclic amines) is 1. The van der Waals surface area contributed by atoms with Gasteiger partial charge < -0.3 is 20.1 Å². The maximum absolute atomic E-state index is 12.1. The van der Waals surface area contributed by atoms with Gasteiger partial charge >= 0.3 is 12.0 Å². The summed E-state index contributed by atoms with van der Waals surface area (Å²) in [5.74, 6) is -0.697. The molecule has 130 valence electrons. The summed E-state index contributed by atoms with van der Waals surface area (Å²) in [6, 6.07) is 3.46. The average molecular weight is 333 g/mol. The molecule has 0 radical (unpaired) electrons. The van der Waals surface area contributed by atoms with Crippen LogP contribution < -0.4 is 10.1 Å². The van der Waals surface area contributed by atoms with Crippen molar-refractivity contribution in [1.82, 2.24) is 15.2 Å². The number of carbonyl (C=O) groups excluding carboxylic acids is 1. The number of aliphatic carboxylic acids is 1. The zero-order chi connectivity index (χ0) is 16.9. The van der Waals surface area contributed by atoms with Crippen LogP contribution in [-0.2, 0) is 11.3 Å². The van der Waals surface area contributed by atoms with Gasteiger partial charge in [0.05, 0.1) is 5.92 Å². The van der Waals surface area contributed by atoms with Crippen LogP contribution in [0, 0.1) is 5.92 Å². The van der Waals surface area contributed by atoms with Gasteiger partial charge in [-0.05, 0) is 43.7 Å². The Morgan fingerprint density at radius 3 is 2.83 bits per heavy atom. The van der Waals surface area contributed by atoms with Crippen LogP contribution in [0.2, 0.25) is 0 Å². The van der Waals surface area contributed by atoms with E-state index in [1.807, 2.05) is 12.1 Å². The molecule has 1 aliphatic heterocycles. The molecule has 1 saturated heterocycles. The van der Waals surface area contributed by atoms with Gasteiger partial charge in [0.2, 0.25) is 5.88 Å². The first-order valence-corrected chi connectivity index (χ1v) is 8.49. The number of carboxylic acid groups (broad SMARTS) is 1. The lowest BCUT2D eigenvalue weighted by molar-refractivity contribution is -0.141. The van der Waals surface area contributed by atoms with Crippen LogP contribution in [0.25, 0.3) is 0 Å². The first kappa shape index (κ1) is 16.5. The molecule has 0 aromatic carbocycles. The lowest BCUT2D eigenvalue weighted by Crippen LogP contribution is -2.38. The predicted molar refractivity (Wildman–Crippen MR) is 86.7 cm³/mol. The second-order valence-corrected chi connectivity index (χ2v) is 6.46. The van der Waals surface area contributed by atoms with E-state index in [1.165, 1.54) is 12.8 Å². The minimum Gasteiger partial charge on any atom is -0.481 e. The van der Waals surface area contributed by atoms with Crippen LogP contribution in [0.4, 0.5) is 4.79 Å². The van der Waals surface area contributed by atoms with Gasteiger partial charge in [-0.1, -0.05) is 0 Å². The Morgan fingerprint density at radius 2 is 2.12 bits per heavy atom. The highest BCUT2D eigenvalue weighted by Crippen LogP contribution is 2.23. The van der Waals surface area contributed by atoms with Gasteiger partial charge in [-0.2, -0.15) is 0 Å². The third-order valence-corrected chi connectivity index (χ3v) is 4.66. The summed E-state index contributed by atoms with van der Waals surface area (Å²) in [5.41, 5.74) is 0.917. The molecule has 7 nitrogen and oxygen atoms in total. The molecule has 7 heteroatoms. The zero-order valence-electron chi connectivity index (χ0n) is 13.6. The number of ether oxygens (including phenoxy) is 1. The van der Waals surface area contributed by atoms with Crippen LogP contribution in [0.15, 0.2) is 18.3 Å². The quantitative estimate of drug-likeness (QED) is 0.860. The number of carbonyl (C=O) groups is 2. The molecule has 2 amide bonds. The summed E-state index contributed by atoms with van der Waals surface area (Å²) >= 11 is 0. The van der Waals surface area contributed by atoms with Crippen molar-refractivity contribution in [2.24, 2.45) is 5.92 Å². The second kappa shape index (κ2) is 7.51. The maximum Gasteiger partial charge on any atom is 0.317 e. The predicted octanol–water partition coefficient (Wildman–Crippen LogP) is 2.02. The van der Waals surface area contributed by atoms with Crippen molar-refractivity contribution in [3.63, 3.8) is 0 Å². The molecule has 2 aliphatic rings. The van der Waals surface area contributed by atoms with E-state index in [9.17, 15) is 9.59 Å². The molecule has 1 saturated carbocycles. The smallest absolute Gasteiger partial charge is 0.317 e. The summed E-state index contributed by atoms with van der Waals surface area (Å²) < 4.78 is 5.86. The number of hydrogen-bond acceptors (Lipinski definition) is 4. The molecule has 2 fully saturated rings. The molecular weight excluding hydrogens is 310 g/mol. The second-order valence-electron chi connectivity index (χ2n) is 6.46. The molecule has 1 aromatic rings. The van der Waals surface area contributed by atoms with Gasteiger partial charge in [0, 0.05) is 31.9 Å². The fourth-order valence-electron chi connectivity index (χ4n) is 3.24. The van der Waals surface area contributed by atoms with E-state index in [0.29, 0.717) is 25.4 Å². The number of hydrogen-bond donors (Lipinski definition) is 2. The van der Waals surface area contributed by atoms with E-state index in [1.54, 1.807) is 11.1 Å². The molecule has 1 aliphatic carbocycles. The van der Waals surface area contributed by atoms with E-state index in [2.05, 4.69) is 10.3 Å². The number of nitrogens with one attached hydrogen (secondary N) is 1. The van der Waals surface area contributed by atoms with Crippen molar-refractivity contribution in [3.05, 3.63) is 23.9 Å². The van der Waals surface area contributed by atoms with Gasteiger partial charge in [-0.25, -0.2) is 9.78 Å². The Balaban J connectivity index is 1.49. The highest BCUT2D eigenvalue weighted by atomic mass is 16.5. The van der Waals surface area contributed by atoms with Gasteiger partial charge in [0.25, 0.3) is 0 Å². The van der Waals surface area contributed by atoms with E-state index in [-0.39, 0.29) is 18.7 Å². The summed E-state index contributed by atoms with van der Waals surface area (Å²) in [5, 5.41) is 11.8. The highest BCUT2D eigenvalue weighted by Gasteiger charge is 2.30. The Morgan fingerprint density at radius 1 is 1.33 bits per heavy atom. The maximum atomic E-state index is 12.1. The summed E-state index contributed by atoms with van der Waals surface area (Å²) in [6.07, 6.45) is 6.99. The molecule has 1 aromatic heterocycles. The topological polar surface area (TPSA) is 91.8 Å². The van der Waals surface area contributed by atoms with E-state index in [0.717, 1.165) is 18.4 Å². The number of carboxylic acids is 1. The average Bonchev–Trinajstić information content (AvgIpc) is 3.24. The normalized spacial score (nSPS) is 21.0. The van der Waals surface area contributed by atoms with Crippen molar-refractivity contribution < 1.29 is 19.4 Å². The standard InChI is InChI=1S/C17H23N3O4/c21-16(22)13-6-8-20(11-13)17(23)19-10-12-5-7-18-15(9-12)24-14-3-1-2-4-14/h5,7,9,13-14H,1-4,6,8,10-11H2,(H,19,23)(H,21,22). The number of pyridine rings is 1. The van der Waals surface area contributed by atoms with E-state index in [4.69, 9.17) is 9.84 Å². The summed E-state index contributed by atoms with van der Waals surface area (Å²) in [4.78, 5) is 28.9. The Hall–Kier alpha value is -2.31. The van der Waals surface area contributed by atoms with Crippen LogP contribution in [0.1, 0.15) is 37.7 Å². The van der Waals surface area contributed by atoms with Crippen LogP contribution >= 0.6 is 0 Å². The van der Waals surface area contributed by atoms with Gasteiger partial charge in [-0.3, -0.25) is 4.79 Å². The molecule has 1 atom stereocenters. The Labute approximate surface area is 141 Å². The fraction of sp³-hybridized carbons (Fsp3) is 0.588. The lowest BCUT2D eigenvalue weighted by atomic mass is 10.1. The largest absolute Gasteiger partial charge is 0.481 e. The fourth-order valence-corrected chi connectivity index (χ4v) is 3.24. The van der Waals surface area contributed by atoms with Gasteiger partial charge in [0.15, 0.2) is 0 Å². The van der Waals surface area contributed by atoms with Crippen molar-refractivity contribution in [1.29, 1.82) is 0 Å². The highest BCUT2D eigenvalue weighted by molar-refractivity contribution is 5.77. The van der Waals surface area contributed by atoms with Crippen LogP contribution in [0.5, 0.6) is 5.88 Å². The van der Waals surface area contributed by atoms with Crippen LogP contribution in [0.3, 0.4) is 0 Å². The molecule has 0 spiro atoms. The molecule has 2 heterocycles. The van der Waals surface area contributed by atoms with Gasteiger partial charge in [0.1, 0.15) is 6.10 Å². The Bertz CT molecular complexity index is 601. The zero-order valence-corrected chi connectivity index (χ0v) is 13.6. The third kappa shape index (κ3) is 4.15. The third-order valence-electron chi connectivity index (χ3n) is 4.66. The Kier molecular flexibility index (Phi) is 5.17. The minimum absolute atomic E-state index is 0.228. The van der Waals surface area contributed by atoms with Crippen molar-refractivity contribution in [2.75, 3.05) is 13.1 Å². The van der Waals surface area contributed by atoms with E-state index < -0.39 is 11.9 Å². The number of rotatable bonds is 5. The minimum atomic E-state index is -0.840. The summed E-state index contributed by atoms with van der Waals surface area (Å²) in [7, 11) is 0. The number of nitrogens with zero attached hydrogens (tertiary/aromatic N) is 2. The van der Waals surface area contributed by atoms with Gasteiger partial charge in [-0.15, -0.1) is 0 Å². The van der Waals surface area contributed by atoms with Crippen molar-refractivity contribution >= 4 is 12.0 Å². The molecule has 1 unspecified atom stereocenters. The van der Waals surface area contributed by atoms with Crippen molar-refractivity contribution in [2.45, 2.75) is 44.8 Å². The number of aromatic nitrogens is 1. The lowest BCUT2D eigenvalue weighted by Gasteiger charge is -2.17.